The summed E-state index contributed by atoms with van der Waals surface area (Å²) < 4.78 is 32.3. The van der Waals surface area contributed by atoms with Gasteiger partial charge in [0.25, 0.3) is 0 Å². The third kappa shape index (κ3) is 2.92. The summed E-state index contributed by atoms with van der Waals surface area (Å²) in [4.78, 5) is 11.5. The van der Waals surface area contributed by atoms with Gasteiger partial charge in [-0.2, -0.15) is 4.31 Å². The highest BCUT2D eigenvalue weighted by Gasteiger charge is 2.34. The molecule has 1 aliphatic rings. The average Bonchev–Trinajstić information content (AvgIpc) is 2.41. The Morgan fingerprint density at radius 2 is 2.05 bits per heavy atom. The summed E-state index contributed by atoms with van der Waals surface area (Å²) in [6.45, 7) is 5.80. The van der Waals surface area contributed by atoms with Crippen LogP contribution in [0.25, 0.3) is 0 Å². The van der Waals surface area contributed by atoms with Crippen molar-refractivity contribution < 1.29 is 17.9 Å². The first-order chi connectivity index (χ1) is 9.32. The number of hydrogen-bond acceptors (Lipinski definition) is 4. The molecule has 1 aromatic carbocycles. The number of sulfonamides is 1. The third-order valence-electron chi connectivity index (χ3n) is 3.40. The van der Waals surface area contributed by atoms with Crippen LogP contribution in [-0.4, -0.2) is 43.8 Å². The number of benzene rings is 1. The fraction of sp³-hybridized carbons (Fsp3) is 0.500. The Labute approximate surface area is 119 Å². The van der Waals surface area contributed by atoms with Gasteiger partial charge in [-0.1, -0.05) is 12.1 Å². The Morgan fingerprint density at radius 3 is 2.70 bits per heavy atom. The Kier molecular flexibility index (Phi) is 4.27. The number of nitrogens with zero attached hydrogens (tertiary/aromatic N) is 1. The van der Waals surface area contributed by atoms with Crippen molar-refractivity contribution in [2.24, 2.45) is 0 Å². The van der Waals surface area contributed by atoms with Crippen LogP contribution in [0.4, 0.5) is 0 Å². The molecule has 0 aromatic heterocycles. The molecule has 5 nitrogen and oxygen atoms in total. The molecule has 0 amide bonds. The van der Waals surface area contributed by atoms with Crippen molar-refractivity contribution >= 4 is 15.8 Å². The van der Waals surface area contributed by atoms with Crippen LogP contribution in [0.3, 0.4) is 0 Å². The zero-order valence-electron chi connectivity index (χ0n) is 11.9. The van der Waals surface area contributed by atoms with Crippen LogP contribution in [0, 0.1) is 0 Å². The second-order valence-electron chi connectivity index (χ2n) is 5.15. The van der Waals surface area contributed by atoms with Gasteiger partial charge in [0.1, 0.15) is 0 Å². The molecular formula is C14H19NO4S. The van der Waals surface area contributed by atoms with E-state index in [1.165, 1.54) is 23.4 Å². The van der Waals surface area contributed by atoms with E-state index in [0.29, 0.717) is 18.7 Å². The normalized spacial score (nSPS) is 24.6. The second kappa shape index (κ2) is 5.63. The monoisotopic (exact) mass is 297 g/mol. The van der Waals surface area contributed by atoms with Crippen LogP contribution in [0.5, 0.6) is 0 Å². The van der Waals surface area contributed by atoms with E-state index in [0.717, 1.165) is 0 Å². The molecule has 1 heterocycles. The maximum atomic E-state index is 12.7. The Morgan fingerprint density at radius 1 is 1.35 bits per heavy atom. The van der Waals surface area contributed by atoms with Gasteiger partial charge in [0, 0.05) is 18.2 Å². The molecule has 0 bridgehead atoms. The molecule has 1 fully saturated rings. The lowest BCUT2D eigenvalue weighted by atomic mass is 10.2. The maximum Gasteiger partial charge on any atom is 0.243 e. The number of hydrogen-bond donors (Lipinski definition) is 0. The number of ketones is 1. The van der Waals surface area contributed by atoms with Gasteiger partial charge in [0.15, 0.2) is 5.78 Å². The molecule has 20 heavy (non-hydrogen) atoms. The maximum absolute atomic E-state index is 12.7. The van der Waals surface area contributed by atoms with Gasteiger partial charge in [-0.15, -0.1) is 0 Å². The summed E-state index contributed by atoms with van der Waals surface area (Å²) in [6.07, 6.45) is -0.128. The van der Waals surface area contributed by atoms with Crippen LogP contribution in [0.15, 0.2) is 29.2 Å². The summed E-state index contributed by atoms with van der Waals surface area (Å²) in [5, 5.41) is 0. The molecular weight excluding hydrogens is 278 g/mol. The van der Waals surface area contributed by atoms with Gasteiger partial charge in [0.05, 0.1) is 17.6 Å². The number of Topliss-reactive ketones (excluding diaryl/α,β-unsaturated/α-hetero) is 1. The Hall–Kier alpha value is -1.24. The Balaban J connectivity index is 2.39. The first kappa shape index (κ1) is 15.2. The van der Waals surface area contributed by atoms with Crippen molar-refractivity contribution in [2.45, 2.75) is 37.8 Å². The average molecular weight is 297 g/mol. The molecule has 2 atom stereocenters. The predicted octanol–water partition coefficient (Wildman–Crippen LogP) is 1.69. The van der Waals surface area contributed by atoms with Crippen molar-refractivity contribution in [3.05, 3.63) is 29.8 Å². The minimum atomic E-state index is -3.60. The van der Waals surface area contributed by atoms with Crippen molar-refractivity contribution in [3.8, 4) is 0 Å². The fourth-order valence-electron chi connectivity index (χ4n) is 2.22. The van der Waals surface area contributed by atoms with Crippen molar-refractivity contribution in [2.75, 3.05) is 13.2 Å². The molecule has 6 heteroatoms. The number of rotatable bonds is 3. The first-order valence-corrected chi connectivity index (χ1v) is 8.01. The van der Waals surface area contributed by atoms with Gasteiger partial charge >= 0.3 is 0 Å². The first-order valence-electron chi connectivity index (χ1n) is 6.57. The van der Waals surface area contributed by atoms with Gasteiger partial charge < -0.3 is 4.74 Å². The zero-order chi connectivity index (χ0) is 14.9. The highest BCUT2D eigenvalue weighted by atomic mass is 32.2. The topological polar surface area (TPSA) is 63.7 Å². The molecule has 0 spiro atoms. The second-order valence-corrected chi connectivity index (χ2v) is 7.04. The van der Waals surface area contributed by atoms with Crippen LogP contribution in [0.2, 0.25) is 0 Å². The van der Waals surface area contributed by atoms with Crippen molar-refractivity contribution in [1.82, 2.24) is 4.31 Å². The summed E-state index contributed by atoms with van der Waals surface area (Å²) in [5.74, 6) is -0.148. The van der Waals surface area contributed by atoms with Crippen LogP contribution in [-0.2, 0) is 14.8 Å². The minimum Gasteiger partial charge on any atom is -0.375 e. The molecule has 1 aromatic rings. The smallest absolute Gasteiger partial charge is 0.243 e. The van der Waals surface area contributed by atoms with Crippen LogP contribution in [0.1, 0.15) is 31.1 Å². The lowest BCUT2D eigenvalue weighted by molar-refractivity contribution is -0.0170. The summed E-state index contributed by atoms with van der Waals surface area (Å²) in [7, 11) is -3.60. The number of carbonyl (C=O) groups excluding carboxylic acids is 1. The molecule has 0 saturated carbocycles. The van der Waals surface area contributed by atoms with Crippen LogP contribution >= 0.6 is 0 Å². The lowest BCUT2D eigenvalue weighted by Gasteiger charge is -2.35. The molecule has 1 saturated heterocycles. The van der Waals surface area contributed by atoms with E-state index in [4.69, 9.17) is 4.74 Å². The number of carbonyl (C=O) groups is 1. The standard InChI is InChI=1S/C14H19NO4S/c1-10-9-19-11(2)8-15(10)20(17,18)14-6-4-5-13(7-14)12(3)16/h4-7,10-11H,8-9H2,1-3H3. The Bertz CT molecular complexity index is 611. The van der Waals surface area contributed by atoms with Crippen molar-refractivity contribution in [1.29, 1.82) is 0 Å². The highest BCUT2D eigenvalue weighted by molar-refractivity contribution is 7.89. The zero-order valence-corrected chi connectivity index (χ0v) is 12.7. The third-order valence-corrected chi connectivity index (χ3v) is 5.37. The number of morpholine rings is 1. The summed E-state index contributed by atoms with van der Waals surface area (Å²) in [6, 6.07) is 5.96. The van der Waals surface area contributed by atoms with E-state index in [9.17, 15) is 13.2 Å². The van der Waals surface area contributed by atoms with E-state index < -0.39 is 10.0 Å². The molecule has 2 unspecified atom stereocenters. The van der Waals surface area contributed by atoms with E-state index >= 15 is 0 Å². The van der Waals surface area contributed by atoms with E-state index in [-0.39, 0.29) is 22.8 Å². The molecule has 110 valence electrons. The van der Waals surface area contributed by atoms with Gasteiger partial charge in [-0.25, -0.2) is 8.42 Å². The van der Waals surface area contributed by atoms with Crippen LogP contribution < -0.4 is 0 Å². The SMILES string of the molecule is CC(=O)c1cccc(S(=O)(=O)N2CC(C)OCC2C)c1. The molecule has 0 N–H and O–H groups in total. The van der Waals surface area contributed by atoms with Gasteiger partial charge in [-0.3, -0.25) is 4.79 Å². The van der Waals surface area contributed by atoms with Crippen molar-refractivity contribution in [3.63, 3.8) is 0 Å². The fourth-order valence-corrected chi connectivity index (χ4v) is 3.96. The largest absolute Gasteiger partial charge is 0.375 e. The van der Waals surface area contributed by atoms with E-state index in [1.54, 1.807) is 12.1 Å². The predicted molar refractivity (Wildman–Crippen MR) is 75.2 cm³/mol. The van der Waals surface area contributed by atoms with Gasteiger partial charge in [0.2, 0.25) is 10.0 Å². The molecule has 0 radical (unpaired) electrons. The highest BCUT2D eigenvalue weighted by Crippen LogP contribution is 2.23. The molecule has 1 aliphatic heterocycles. The summed E-state index contributed by atoms with van der Waals surface area (Å²) >= 11 is 0. The lowest BCUT2D eigenvalue weighted by Crippen LogP contribution is -2.50. The minimum absolute atomic E-state index is 0.128. The van der Waals surface area contributed by atoms with E-state index in [2.05, 4.69) is 0 Å². The summed E-state index contributed by atoms with van der Waals surface area (Å²) in [5.41, 5.74) is 0.403. The van der Waals surface area contributed by atoms with E-state index in [1.807, 2.05) is 13.8 Å². The molecule has 0 aliphatic carbocycles. The van der Waals surface area contributed by atoms with Gasteiger partial charge in [-0.05, 0) is 32.9 Å². The quantitative estimate of drug-likeness (QED) is 0.796. The number of ether oxygens (including phenoxy) is 1. The molecule has 2 rings (SSSR count).